The number of carbonyl (C=O) groups is 2. The molecule has 0 aromatic carbocycles. The fourth-order valence-corrected chi connectivity index (χ4v) is 3.19. The molecule has 10 nitrogen and oxygen atoms in total. The van der Waals surface area contributed by atoms with Crippen LogP contribution in [0.15, 0.2) is 24.5 Å². The Labute approximate surface area is 162 Å². The normalized spacial score (nSPS) is 27.4. The van der Waals surface area contributed by atoms with Gasteiger partial charge in [-0.3, -0.25) is 9.78 Å². The minimum absolute atomic E-state index is 0.0439. The molecule has 10 heteroatoms. The highest BCUT2D eigenvalue weighted by Gasteiger charge is 2.43. The van der Waals surface area contributed by atoms with Gasteiger partial charge in [-0.2, -0.15) is 0 Å². The fraction of sp³-hybridized carbons (Fsp3) is 0.611. The number of rotatable bonds is 6. The summed E-state index contributed by atoms with van der Waals surface area (Å²) in [7, 11) is 0. The van der Waals surface area contributed by atoms with Gasteiger partial charge < -0.3 is 35.2 Å². The number of morpholine rings is 1. The lowest BCUT2D eigenvalue weighted by Gasteiger charge is -2.27. The summed E-state index contributed by atoms with van der Waals surface area (Å²) in [5.74, 6) is -0.307. The summed E-state index contributed by atoms with van der Waals surface area (Å²) in [6, 6.07) is 3.34. The molecule has 0 saturated carbocycles. The number of pyridine rings is 1. The number of nitrogens with one attached hydrogen (secondary N) is 2. The van der Waals surface area contributed by atoms with Crippen LogP contribution in [0.1, 0.15) is 12.0 Å². The van der Waals surface area contributed by atoms with Gasteiger partial charge in [-0.1, -0.05) is 6.07 Å². The zero-order chi connectivity index (χ0) is 19.9. The van der Waals surface area contributed by atoms with Crippen LogP contribution in [0.25, 0.3) is 0 Å². The van der Waals surface area contributed by atoms with Gasteiger partial charge in [-0.05, 0) is 11.6 Å². The first-order valence-electron chi connectivity index (χ1n) is 9.32. The molecule has 2 aliphatic rings. The Bertz CT molecular complexity index is 655. The molecule has 154 valence electrons. The molecule has 0 radical (unpaired) electrons. The highest BCUT2D eigenvalue weighted by Crippen LogP contribution is 2.23. The minimum atomic E-state index is -1.20. The van der Waals surface area contributed by atoms with E-state index in [1.165, 1.54) is 0 Å². The van der Waals surface area contributed by atoms with Crippen molar-refractivity contribution in [1.82, 2.24) is 20.5 Å². The van der Waals surface area contributed by atoms with Crippen molar-refractivity contribution in [2.75, 3.05) is 32.8 Å². The predicted molar refractivity (Wildman–Crippen MR) is 97.2 cm³/mol. The Kier molecular flexibility index (Phi) is 7.15. The maximum atomic E-state index is 12.1. The zero-order valence-electron chi connectivity index (χ0n) is 15.5. The van der Waals surface area contributed by atoms with Crippen molar-refractivity contribution >= 4 is 11.9 Å². The molecule has 3 amide bonds. The molecule has 4 atom stereocenters. The van der Waals surface area contributed by atoms with Crippen molar-refractivity contribution in [1.29, 1.82) is 0 Å². The summed E-state index contributed by atoms with van der Waals surface area (Å²) >= 11 is 0. The molecule has 0 aliphatic carbocycles. The van der Waals surface area contributed by atoms with E-state index in [9.17, 15) is 19.8 Å². The Morgan fingerprint density at radius 2 is 1.93 bits per heavy atom. The molecule has 4 N–H and O–H groups in total. The highest BCUT2D eigenvalue weighted by atomic mass is 16.5. The van der Waals surface area contributed by atoms with Gasteiger partial charge in [0.1, 0.15) is 18.3 Å². The van der Waals surface area contributed by atoms with Crippen LogP contribution in [0.4, 0.5) is 4.79 Å². The molecule has 2 saturated heterocycles. The summed E-state index contributed by atoms with van der Waals surface area (Å²) in [5, 5.41) is 25.8. The van der Waals surface area contributed by atoms with E-state index in [1.807, 2.05) is 6.07 Å². The molecule has 2 fully saturated rings. The van der Waals surface area contributed by atoms with E-state index < -0.39 is 24.4 Å². The maximum absolute atomic E-state index is 12.1. The number of urea groups is 1. The van der Waals surface area contributed by atoms with Crippen molar-refractivity contribution < 1.29 is 29.3 Å². The summed E-state index contributed by atoms with van der Waals surface area (Å²) in [6.07, 6.45) is -0.793. The van der Waals surface area contributed by atoms with Gasteiger partial charge in [0.25, 0.3) is 0 Å². The van der Waals surface area contributed by atoms with Crippen LogP contribution in [-0.4, -0.2) is 89.3 Å². The summed E-state index contributed by atoms with van der Waals surface area (Å²) in [4.78, 5) is 29.8. The van der Waals surface area contributed by atoms with Crippen LogP contribution in [0.5, 0.6) is 0 Å². The fourth-order valence-electron chi connectivity index (χ4n) is 3.19. The third-order valence-corrected chi connectivity index (χ3v) is 4.81. The van der Waals surface area contributed by atoms with Gasteiger partial charge >= 0.3 is 6.03 Å². The highest BCUT2D eigenvalue weighted by molar-refractivity contribution is 5.76. The van der Waals surface area contributed by atoms with Crippen molar-refractivity contribution in [3.8, 4) is 0 Å². The molecule has 3 rings (SSSR count). The number of ether oxygens (including phenoxy) is 2. The average molecular weight is 394 g/mol. The lowest BCUT2D eigenvalue weighted by Crippen LogP contribution is -2.49. The van der Waals surface area contributed by atoms with Crippen molar-refractivity contribution in [3.63, 3.8) is 0 Å². The van der Waals surface area contributed by atoms with Crippen LogP contribution < -0.4 is 10.6 Å². The Morgan fingerprint density at radius 1 is 1.18 bits per heavy atom. The number of nitrogens with zero attached hydrogens (tertiary/aromatic N) is 2. The van der Waals surface area contributed by atoms with Crippen LogP contribution in [-0.2, 0) is 20.8 Å². The smallest absolute Gasteiger partial charge is 0.317 e. The number of aliphatic hydroxyl groups is 2. The monoisotopic (exact) mass is 394 g/mol. The number of aliphatic hydroxyl groups excluding tert-OH is 2. The molecule has 0 spiro atoms. The predicted octanol–water partition coefficient (Wildman–Crippen LogP) is -1.38. The average Bonchev–Trinajstić information content (AvgIpc) is 2.99. The van der Waals surface area contributed by atoms with Crippen LogP contribution in [0.2, 0.25) is 0 Å². The van der Waals surface area contributed by atoms with Crippen LogP contribution >= 0.6 is 0 Å². The largest absolute Gasteiger partial charge is 0.388 e. The first-order chi connectivity index (χ1) is 13.5. The lowest BCUT2D eigenvalue weighted by molar-refractivity contribution is -0.125. The van der Waals surface area contributed by atoms with Gasteiger partial charge in [0, 0.05) is 38.6 Å². The SMILES string of the molecule is O=C(C[C@H]1O[C@H](CNC(=O)N2CCOCC2)[C@@H](O)[C@H]1O)NCc1cccnc1. The number of carbonyl (C=O) groups excluding carboxylic acids is 2. The Balaban J connectivity index is 1.42. The van der Waals surface area contributed by atoms with E-state index in [4.69, 9.17) is 9.47 Å². The standard InChI is InChI=1S/C18H26N4O6/c23-15(20-10-12-2-1-3-19-9-12)8-13-16(24)17(25)14(28-13)11-21-18(26)22-4-6-27-7-5-22/h1-3,9,13-14,16-17,24-25H,4-8,10-11H2,(H,20,23)(H,21,26)/t13-,14-,16+,17-/m1/s1. The molecular formula is C18H26N4O6. The minimum Gasteiger partial charge on any atom is -0.388 e. The van der Waals surface area contributed by atoms with Crippen LogP contribution in [0.3, 0.4) is 0 Å². The van der Waals surface area contributed by atoms with Gasteiger partial charge in [0.15, 0.2) is 0 Å². The van der Waals surface area contributed by atoms with E-state index in [-0.39, 0.29) is 24.9 Å². The Morgan fingerprint density at radius 3 is 2.64 bits per heavy atom. The zero-order valence-corrected chi connectivity index (χ0v) is 15.5. The van der Waals surface area contributed by atoms with E-state index in [0.29, 0.717) is 32.8 Å². The molecule has 1 aromatic rings. The molecule has 0 bridgehead atoms. The van der Waals surface area contributed by atoms with E-state index in [0.717, 1.165) is 5.56 Å². The number of hydrogen-bond donors (Lipinski definition) is 4. The van der Waals surface area contributed by atoms with Crippen molar-refractivity contribution in [2.24, 2.45) is 0 Å². The summed E-state index contributed by atoms with van der Waals surface area (Å²) in [5.41, 5.74) is 0.854. The molecular weight excluding hydrogens is 368 g/mol. The maximum Gasteiger partial charge on any atom is 0.317 e. The quantitative estimate of drug-likeness (QED) is 0.467. The topological polar surface area (TPSA) is 133 Å². The van der Waals surface area contributed by atoms with E-state index >= 15 is 0 Å². The van der Waals surface area contributed by atoms with E-state index in [2.05, 4.69) is 15.6 Å². The number of hydrogen-bond acceptors (Lipinski definition) is 7. The second kappa shape index (κ2) is 9.78. The first kappa shape index (κ1) is 20.5. The van der Waals surface area contributed by atoms with E-state index in [1.54, 1.807) is 23.4 Å². The van der Waals surface area contributed by atoms with Crippen molar-refractivity contribution in [2.45, 2.75) is 37.4 Å². The van der Waals surface area contributed by atoms with Crippen LogP contribution in [0, 0.1) is 0 Å². The van der Waals surface area contributed by atoms with Gasteiger partial charge in [-0.25, -0.2) is 4.79 Å². The second-order valence-electron chi connectivity index (χ2n) is 6.82. The third-order valence-electron chi connectivity index (χ3n) is 4.81. The number of aromatic nitrogens is 1. The molecule has 0 unspecified atom stereocenters. The lowest BCUT2D eigenvalue weighted by atomic mass is 10.1. The van der Waals surface area contributed by atoms with Crippen molar-refractivity contribution in [3.05, 3.63) is 30.1 Å². The molecule has 1 aromatic heterocycles. The number of amides is 3. The third kappa shape index (κ3) is 5.38. The molecule has 2 aliphatic heterocycles. The second-order valence-corrected chi connectivity index (χ2v) is 6.82. The molecule has 28 heavy (non-hydrogen) atoms. The summed E-state index contributed by atoms with van der Waals surface area (Å²) in [6.45, 7) is 2.35. The van der Waals surface area contributed by atoms with Gasteiger partial charge in [0.05, 0.1) is 25.7 Å². The van der Waals surface area contributed by atoms with Gasteiger partial charge in [-0.15, -0.1) is 0 Å². The summed E-state index contributed by atoms with van der Waals surface area (Å²) < 4.78 is 10.8. The molecule has 3 heterocycles. The first-order valence-corrected chi connectivity index (χ1v) is 9.32. The van der Waals surface area contributed by atoms with Gasteiger partial charge in [0.2, 0.25) is 5.91 Å². The Hall–Kier alpha value is -2.27.